The fourth-order valence-corrected chi connectivity index (χ4v) is 1.65. The second-order valence-electron chi connectivity index (χ2n) is 5.65. The van der Waals surface area contributed by atoms with E-state index in [2.05, 4.69) is 10.6 Å². The molecule has 0 unspecified atom stereocenters. The van der Waals surface area contributed by atoms with Crippen molar-refractivity contribution in [2.75, 3.05) is 18.4 Å². The van der Waals surface area contributed by atoms with Crippen LogP contribution >= 0.6 is 0 Å². The third-order valence-electron chi connectivity index (χ3n) is 2.55. The lowest BCUT2D eigenvalue weighted by atomic mass is 10.1. The maximum absolute atomic E-state index is 11.4. The number of alkyl carbamates (subject to hydrolysis) is 1. The maximum Gasteiger partial charge on any atom is 0.407 e. The minimum absolute atomic E-state index is 0.199. The van der Waals surface area contributed by atoms with Gasteiger partial charge in [-0.25, -0.2) is 9.59 Å². The van der Waals surface area contributed by atoms with Crippen molar-refractivity contribution in [1.29, 1.82) is 0 Å². The van der Waals surface area contributed by atoms with Gasteiger partial charge in [0.25, 0.3) is 5.69 Å². The topological polar surface area (TPSA) is 131 Å². The van der Waals surface area contributed by atoms with Gasteiger partial charge < -0.3 is 20.5 Å². The van der Waals surface area contributed by atoms with Gasteiger partial charge in [0.05, 0.1) is 10.5 Å². The average molecular weight is 325 g/mol. The number of carbonyl (C=O) groups is 2. The Morgan fingerprint density at radius 2 is 1.96 bits per heavy atom. The number of benzene rings is 1. The van der Waals surface area contributed by atoms with E-state index in [4.69, 9.17) is 9.84 Å². The van der Waals surface area contributed by atoms with Gasteiger partial charge in [0, 0.05) is 30.9 Å². The van der Waals surface area contributed by atoms with Gasteiger partial charge >= 0.3 is 12.1 Å². The van der Waals surface area contributed by atoms with E-state index < -0.39 is 22.6 Å². The number of nitrogens with zero attached hydrogens (tertiary/aromatic N) is 1. The van der Waals surface area contributed by atoms with Crippen molar-refractivity contribution in [3.05, 3.63) is 33.9 Å². The number of hydrogen-bond donors (Lipinski definition) is 3. The van der Waals surface area contributed by atoms with E-state index in [0.29, 0.717) is 0 Å². The standard InChI is InChI=1S/C14H19N3O6/c1-14(2,3)23-13(20)16-7-6-15-11-5-4-9(17(21)22)8-10(11)12(18)19/h4-5,8,15H,6-7H2,1-3H3,(H,16,20)(H,18,19). The summed E-state index contributed by atoms with van der Waals surface area (Å²) in [7, 11) is 0. The third-order valence-corrected chi connectivity index (χ3v) is 2.55. The summed E-state index contributed by atoms with van der Waals surface area (Å²) in [5, 5.41) is 25.1. The highest BCUT2D eigenvalue weighted by Crippen LogP contribution is 2.22. The van der Waals surface area contributed by atoms with E-state index in [1.165, 1.54) is 12.1 Å². The maximum atomic E-state index is 11.4. The molecule has 0 aliphatic carbocycles. The van der Waals surface area contributed by atoms with E-state index in [0.717, 1.165) is 6.07 Å². The fraction of sp³-hybridized carbons (Fsp3) is 0.429. The molecule has 1 aromatic carbocycles. The molecule has 0 heterocycles. The summed E-state index contributed by atoms with van der Waals surface area (Å²) in [4.78, 5) is 32.6. The van der Waals surface area contributed by atoms with Gasteiger partial charge in [0.2, 0.25) is 0 Å². The molecule has 9 nitrogen and oxygen atoms in total. The lowest BCUT2D eigenvalue weighted by molar-refractivity contribution is -0.384. The summed E-state index contributed by atoms with van der Waals surface area (Å²) in [6.07, 6.45) is -0.582. The van der Waals surface area contributed by atoms with E-state index in [1.807, 2.05) is 0 Å². The normalized spacial score (nSPS) is 10.7. The molecule has 1 aromatic rings. The first-order valence-corrected chi connectivity index (χ1v) is 6.82. The first kappa shape index (κ1) is 18.2. The minimum atomic E-state index is -1.28. The van der Waals surface area contributed by atoms with Crippen molar-refractivity contribution in [1.82, 2.24) is 5.32 Å². The largest absolute Gasteiger partial charge is 0.478 e. The SMILES string of the molecule is CC(C)(C)OC(=O)NCCNc1ccc([N+](=O)[O-])cc1C(=O)O. The Morgan fingerprint density at radius 1 is 1.30 bits per heavy atom. The number of anilines is 1. The number of carboxylic acid groups (broad SMARTS) is 1. The molecule has 0 bridgehead atoms. The Kier molecular flexibility index (Phi) is 5.88. The number of carbonyl (C=O) groups excluding carboxylic acids is 1. The van der Waals surface area contributed by atoms with E-state index in [9.17, 15) is 19.7 Å². The zero-order chi connectivity index (χ0) is 17.6. The molecule has 0 radical (unpaired) electrons. The first-order chi connectivity index (χ1) is 10.6. The zero-order valence-electron chi connectivity index (χ0n) is 13.1. The van der Waals surface area contributed by atoms with Crippen LogP contribution in [0.1, 0.15) is 31.1 Å². The van der Waals surface area contributed by atoms with Crippen molar-refractivity contribution in [2.45, 2.75) is 26.4 Å². The van der Waals surface area contributed by atoms with Crippen LogP contribution in [-0.2, 0) is 4.74 Å². The molecule has 3 N–H and O–H groups in total. The predicted molar refractivity (Wildman–Crippen MR) is 82.8 cm³/mol. The van der Waals surface area contributed by atoms with Gasteiger partial charge in [0.15, 0.2) is 0 Å². The van der Waals surface area contributed by atoms with Gasteiger partial charge in [-0.3, -0.25) is 10.1 Å². The van der Waals surface area contributed by atoms with E-state index in [1.54, 1.807) is 20.8 Å². The smallest absolute Gasteiger partial charge is 0.407 e. The summed E-state index contributed by atoms with van der Waals surface area (Å²) in [6.45, 7) is 5.64. The summed E-state index contributed by atoms with van der Waals surface area (Å²) in [5.41, 5.74) is -0.891. The molecular formula is C14H19N3O6. The highest BCUT2D eigenvalue weighted by Gasteiger charge is 2.17. The second kappa shape index (κ2) is 7.43. The molecule has 0 spiro atoms. The number of carboxylic acids is 1. The van der Waals surface area contributed by atoms with Crippen LogP contribution in [0.25, 0.3) is 0 Å². The van der Waals surface area contributed by atoms with Crippen LogP contribution in [0.4, 0.5) is 16.2 Å². The summed E-state index contributed by atoms with van der Waals surface area (Å²) in [5.74, 6) is -1.28. The summed E-state index contributed by atoms with van der Waals surface area (Å²) in [6, 6.07) is 3.50. The van der Waals surface area contributed by atoms with Crippen LogP contribution in [0.5, 0.6) is 0 Å². The molecular weight excluding hydrogens is 306 g/mol. The molecule has 0 aliphatic rings. The number of ether oxygens (including phenoxy) is 1. The number of nitro groups is 1. The Hall–Kier alpha value is -2.84. The number of non-ortho nitro benzene ring substituents is 1. The van der Waals surface area contributed by atoms with Crippen LogP contribution in [0.15, 0.2) is 18.2 Å². The Bertz CT molecular complexity index is 609. The van der Waals surface area contributed by atoms with Crippen molar-refractivity contribution >= 4 is 23.4 Å². The molecule has 0 fully saturated rings. The van der Waals surface area contributed by atoms with Crippen molar-refractivity contribution in [2.24, 2.45) is 0 Å². The number of nitrogens with one attached hydrogen (secondary N) is 2. The highest BCUT2D eigenvalue weighted by atomic mass is 16.6. The molecule has 126 valence electrons. The monoisotopic (exact) mass is 325 g/mol. The Morgan fingerprint density at radius 3 is 2.48 bits per heavy atom. The first-order valence-electron chi connectivity index (χ1n) is 6.82. The lowest BCUT2D eigenvalue weighted by Gasteiger charge is -2.19. The molecule has 0 atom stereocenters. The van der Waals surface area contributed by atoms with Crippen molar-refractivity contribution < 1.29 is 24.4 Å². The minimum Gasteiger partial charge on any atom is -0.478 e. The molecule has 0 aromatic heterocycles. The molecule has 0 saturated carbocycles. The van der Waals surface area contributed by atoms with Crippen LogP contribution in [0, 0.1) is 10.1 Å². The van der Waals surface area contributed by atoms with E-state index >= 15 is 0 Å². The molecule has 23 heavy (non-hydrogen) atoms. The van der Waals surface area contributed by atoms with Crippen LogP contribution in [0.2, 0.25) is 0 Å². The van der Waals surface area contributed by atoms with Crippen molar-refractivity contribution in [3.63, 3.8) is 0 Å². The molecule has 1 rings (SSSR count). The number of amides is 1. The predicted octanol–water partition coefficient (Wildman–Crippen LogP) is 2.23. The highest BCUT2D eigenvalue weighted by molar-refractivity contribution is 5.95. The number of hydrogen-bond acceptors (Lipinski definition) is 6. The summed E-state index contributed by atoms with van der Waals surface area (Å²) >= 11 is 0. The lowest BCUT2D eigenvalue weighted by Crippen LogP contribution is -2.35. The molecule has 0 aliphatic heterocycles. The second-order valence-corrected chi connectivity index (χ2v) is 5.65. The third kappa shape index (κ3) is 6.20. The van der Waals surface area contributed by atoms with Crippen LogP contribution in [-0.4, -0.2) is 40.8 Å². The van der Waals surface area contributed by atoms with Crippen molar-refractivity contribution in [3.8, 4) is 0 Å². The van der Waals surface area contributed by atoms with E-state index in [-0.39, 0.29) is 30.0 Å². The van der Waals surface area contributed by atoms with Crippen LogP contribution < -0.4 is 10.6 Å². The number of aromatic carboxylic acids is 1. The average Bonchev–Trinajstić information content (AvgIpc) is 2.41. The molecule has 9 heteroatoms. The number of nitro benzene ring substituents is 1. The molecule has 1 amide bonds. The van der Waals surface area contributed by atoms with Crippen LogP contribution in [0.3, 0.4) is 0 Å². The van der Waals surface area contributed by atoms with Gasteiger partial charge in [-0.05, 0) is 26.8 Å². The summed E-state index contributed by atoms with van der Waals surface area (Å²) < 4.78 is 5.05. The van der Waals surface area contributed by atoms with Gasteiger partial charge in [0.1, 0.15) is 5.60 Å². The fourth-order valence-electron chi connectivity index (χ4n) is 1.65. The van der Waals surface area contributed by atoms with Gasteiger partial charge in [-0.15, -0.1) is 0 Å². The Balaban J connectivity index is 2.60. The molecule has 0 saturated heterocycles. The zero-order valence-corrected chi connectivity index (χ0v) is 13.1. The quantitative estimate of drug-likeness (QED) is 0.415. The van der Waals surface area contributed by atoms with Gasteiger partial charge in [-0.2, -0.15) is 0 Å². The Labute approximate surface area is 132 Å². The number of rotatable bonds is 6. The van der Waals surface area contributed by atoms with Gasteiger partial charge in [-0.1, -0.05) is 0 Å².